The topological polar surface area (TPSA) is 50.8 Å². The Morgan fingerprint density at radius 3 is 2.56 bits per heavy atom. The van der Waals surface area contributed by atoms with Crippen molar-refractivity contribution in [1.29, 1.82) is 0 Å². The van der Waals surface area contributed by atoms with Gasteiger partial charge in [0.15, 0.2) is 5.96 Å². The van der Waals surface area contributed by atoms with Crippen molar-refractivity contribution < 1.29 is 4.74 Å². The van der Waals surface area contributed by atoms with Crippen LogP contribution in [0.4, 0.5) is 0 Å². The van der Waals surface area contributed by atoms with Crippen LogP contribution in [-0.2, 0) is 4.74 Å². The molecule has 108 valence electrons. The fourth-order valence-corrected chi connectivity index (χ4v) is 1.91. The molecule has 1 aliphatic heterocycles. The van der Waals surface area contributed by atoms with Gasteiger partial charge in [-0.15, -0.1) is 24.0 Å². The number of aliphatic imine (C=N–C) groups is 1. The zero-order valence-electron chi connectivity index (χ0n) is 11.9. The molecule has 0 aliphatic carbocycles. The number of hydrogen-bond acceptors (Lipinski definition) is 2. The third kappa shape index (κ3) is 7.41. The molecule has 1 rings (SSSR count). The van der Waals surface area contributed by atoms with Crippen LogP contribution in [0.2, 0.25) is 0 Å². The fourth-order valence-electron chi connectivity index (χ4n) is 1.91. The van der Waals surface area contributed by atoms with Crippen molar-refractivity contribution in [3.8, 4) is 0 Å². The van der Waals surface area contributed by atoms with E-state index in [1.807, 2.05) is 13.8 Å². The molecule has 0 saturated carbocycles. The van der Waals surface area contributed by atoms with Gasteiger partial charge >= 0.3 is 0 Å². The first-order valence-corrected chi connectivity index (χ1v) is 6.76. The smallest absolute Gasteiger partial charge is 0.191 e. The molecule has 0 atom stereocenters. The van der Waals surface area contributed by atoms with E-state index >= 15 is 0 Å². The van der Waals surface area contributed by atoms with Gasteiger partial charge in [-0.25, -0.2) is 0 Å². The van der Waals surface area contributed by atoms with Gasteiger partial charge in [0.1, 0.15) is 0 Å². The molecule has 0 amide bonds. The van der Waals surface area contributed by atoms with E-state index in [2.05, 4.69) is 16.8 Å². The molecule has 0 unspecified atom stereocenters. The van der Waals surface area contributed by atoms with Crippen LogP contribution in [0.5, 0.6) is 0 Å². The van der Waals surface area contributed by atoms with Gasteiger partial charge in [-0.3, -0.25) is 4.99 Å². The molecular formula is C13H28IN3O. The first kappa shape index (κ1) is 18.0. The molecule has 0 aromatic rings. The molecule has 0 spiro atoms. The molecule has 1 fully saturated rings. The van der Waals surface area contributed by atoms with Crippen molar-refractivity contribution in [2.45, 2.75) is 46.1 Å². The van der Waals surface area contributed by atoms with Crippen LogP contribution in [-0.4, -0.2) is 43.2 Å². The molecule has 4 nitrogen and oxygen atoms in total. The summed E-state index contributed by atoms with van der Waals surface area (Å²) >= 11 is 0. The zero-order valence-corrected chi connectivity index (χ0v) is 14.2. The van der Waals surface area contributed by atoms with E-state index in [0.29, 0.717) is 12.1 Å². The Hall–Kier alpha value is -0.0400. The Kier molecular flexibility index (Phi) is 9.81. The molecule has 2 N–H and O–H groups in total. The molecule has 1 heterocycles. The van der Waals surface area contributed by atoms with Crippen LogP contribution in [0.3, 0.4) is 0 Å². The Bertz CT molecular complexity index is 238. The molecule has 5 heteroatoms. The molecule has 0 bridgehead atoms. The maximum absolute atomic E-state index is 5.97. The van der Waals surface area contributed by atoms with Gasteiger partial charge in [0.25, 0.3) is 0 Å². The van der Waals surface area contributed by atoms with Crippen molar-refractivity contribution in [2.24, 2.45) is 16.6 Å². The predicted octanol–water partition coefficient (Wildman–Crippen LogP) is 2.47. The lowest BCUT2D eigenvalue weighted by atomic mass is 10.00. The van der Waals surface area contributed by atoms with Gasteiger partial charge in [0.05, 0.1) is 6.10 Å². The van der Waals surface area contributed by atoms with Gasteiger partial charge in [-0.2, -0.15) is 0 Å². The average molecular weight is 369 g/mol. The summed E-state index contributed by atoms with van der Waals surface area (Å²) in [6, 6.07) is 0. The highest BCUT2D eigenvalue weighted by molar-refractivity contribution is 14.0. The third-order valence-corrected chi connectivity index (χ3v) is 3.14. The Morgan fingerprint density at radius 2 is 2.00 bits per heavy atom. The summed E-state index contributed by atoms with van der Waals surface area (Å²) in [5.74, 6) is 1.54. The maximum atomic E-state index is 5.97. The first-order valence-electron chi connectivity index (χ1n) is 6.76. The Balaban J connectivity index is 0.00000289. The standard InChI is InChI=1S/C13H27N3O.HI/c1-11(2)17-10-4-7-15-13(14)16-8-5-12(3)6-9-16;/h11-12H,4-10H2,1-3H3,(H2,14,15);1H. The molecular weight excluding hydrogens is 341 g/mol. The molecule has 1 saturated heterocycles. The number of guanidine groups is 1. The van der Waals surface area contributed by atoms with E-state index in [1.165, 1.54) is 12.8 Å². The largest absolute Gasteiger partial charge is 0.379 e. The molecule has 0 aromatic heterocycles. The second kappa shape index (κ2) is 9.83. The van der Waals surface area contributed by atoms with Crippen LogP contribution >= 0.6 is 24.0 Å². The lowest BCUT2D eigenvalue weighted by molar-refractivity contribution is 0.0782. The number of nitrogens with two attached hydrogens (primary N) is 1. The van der Waals surface area contributed by atoms with Gasteiger partial charge in [0, 0.05) is 26.2 Å². The summed E-state index contributed by atoms with van der Waals surface area (Å²) in [6.45, 7) is 10.0. The minimum atomic E-state index is 0. The van der Waals surface area contributed by atoms with Crippen molar-refractivity contribution >= 4 is 29.9 Å². The molecule has 1 aliphatic rings. The van der Waals surface area contributed by atoms with E-state index < -0.39 is 0 Å². The van der Waals surface area contributed by atoms with Gasteiger partial charge in [-0.05, 0) is 39.0 Å². The monoisotopic (exact) mass is 369 g/mol. The van der Waals surface area contributed by atoms with Gasteiger partial charge in [0.2, 0.25) is 0 Å². The summed E-state index contributed by atoms with van der Waals surface area (Å²) in [6.07, 6.45) is 3.71. The quantitative estimate of drug-likeness (QED) is 0.351. The van der Waals surface area contributed by atoms with E-state index in [1.54, 1.807) is 0 Å². The van der Waals surface area contributed by atoms with E-state index in [0.717, 1.165) is 38.6 Å². The van der Waals surface area contributed by atoms with Crippen molar-refractivity contribution in [3.63, 3.8) is 0 Å². The number of halogens is 1. The molecule has 18 heavy (non-hydrogen) atoms. The van der Waals surface area contributed by atoms with E-state index in [9.17, 15) is 0 Å². The summed E-state index contributed by atoms with van der Waals surface area (Å²) in [5.41, 5.74) is 5.97. The van der Waals surface area contributed by atoms with Gasteiger partial charge < -0.3 is 15.4 Å². The van der Waals surface area contributed by atoms with Crippen LogP contribution in [0, 0.1) is 5.92 Å². The van der Waals surface area contributed by atoms with E-state index in [4.69, 9.17) is 10.5 Å². The molecule has 0 aromatic carbocycles. The van der Waals surface area contributed by atoms with E-state index in [-0.39, 0.29) is 24.0 Å². The summed E-state index contributed by atoms with van der Waals surface area (Å²) in [4.78, 5) is 6.61. The predicted molar refractivity (Wildman–Crippen MR) is 87.6 cm³/mol. The average Bonchev–Trinajstić information content (AvgIpc) is 2.29. The van der Waals surface area contributed by atoms with Crippen LogP contribution < -0.4 is 5.73 Å². The van der Waals surface area contributed by atoms with Crippen molar-refractivity contribution in [2.75, 3.05) is 26.2 Å². The van der Waals surface area contributed by atoms with Gasteiger partial charge in [-0.1, -0.05) is 6.92 Å². The Morgan fingerprint density at radius 1 is 1.39 bits per heavy atom. The number of likely N-dealkylation sites (tertiary alicyclic amines) is 1. The highest BCUT2D eigenvalue weighted by atomic mass is 127. The second-order valence-electron chi connectivity index (χ2n) is 5.18. The zero-order chi connectivity index (χ0) is 12.7. The third-order valence-electron chi connectivity index (χ3n) is 3.14. The van der Waals surface area contributed by atoms with Crippen molar-refractivity contribution in [1.82, 2.24) is 4.90 Å². The maximum Gasteiger partial charge on any atom is 0.191 e. The highest BCUT2D eigenvalue weighted by Crippen LogP contribution is 2.15. The van der Waals surface area contributed by atoms with Crippen LogP contribution in [0.1, 0.15) is 40.0 Å². The first-order chi connectivity index (χ1) is 8.09. The van der Waals surface area contributed by atoms with Crippen LogP contribution in [0.15, 0.2) is 4.99 Å². The lowest BCUT2D eigenvalue weighted by Gasteiger charge is -2.31. The molecule has 0 radical (unpaired) electrons. The summed E-state index contributed by atoms with van der Waals surface area (Å²) < 4.78 is 5.46. The number of rotatable bonds is 5. The lowest BCUT2D eigenvalue weighted by Crippen LogP contribution is -2.42. The SMILES string of the molecule is CC1CCN(C(N)=NCCCOC(C)C)CC1.I. The second-order valence-corrected chi connectivity index (χ2v) is 5.18. The summed E-state index contributed by atoms with van der Waals surface area (Å²) in [7, 11) is 0. The minimum Gasteiger partial charge on any atom is -0.379 e. The number of nitrogens with zero attached hydrogens (tertiary/aromatic N) is 2. The number of piperidine rings is 1. The fraction of sp³-hybridized carbons (Fsp3) is 0.923. The highest BCUT2D eigenvalue weighted by Gasteiger charge is 2.16. The van der Waals surface area contributed by atoms with Crippen molar-refractivity contribution in [3.05, 3.63) is 0 Å². The normalized spacial score (nSPS) is 18.0. The van der Waals surface area contributed by atoms with Crippen LogP contribution in [0.25, 0.3) is 0 Å². The number of hydrogen-bond donors (Lipinski definition) is 1. The summed E-state index contributed by atoms with van der Waals surface area (Å²) in [5, 5.41) is 0. The Labute approximate surface area is 128 Å². The number of ether oxygens (including phenoxy) is 1. The minimum absolute atomic E-state index is 0.